The Labute approximate surface area is 182 Å². The Morgan fingerprint density at radius 1 is 1.10 bits per heavy atom. The average molecular weight is 428 g/mol. The number of benzene rings is 2. The normalized spacial score (nSPS) is 11.8. The average Bonchev–Trinajstić information content (AvgIpc) is 3.19. The molecule has 0 fully saturated rings. The lowest BCUT2D eigenvalue weighted by atomic mass is 9.90. The van der Waals surface area contributed by atoms with Crippen molar-refractivity contribution in [1.82, 2.24) is 15.6 Å². The second-order valence-corrected chi connectivity index (χ2v) is 7.22. The fourth-order valence-electron chi connectivity index (χ4n) is 3.49. The predicted octanol–water partition coefficient (Wildman–Crippen LogP) is 3.82. The van der Waals surface area contributed by atoms with Crippen LogP contribution in [0.5, 0.6) is 11.5 Å². The van der Waals surface area contributed by atoms with Crippen LogP contribution in [0.15, 0.2) is 48.7 Å². The molecular formula is C23H29N3O3S. The standard InChI is InChI=1S/C23H29N3O3S/c1-4-29-21-10-9-16(13-22(21)28-3)18(14-26-23(30)24-11-12-27-2)19-15-25-20-8-6-5-7-17(19)20/h5-10,13,15,18,25H,4,11-12,14H2,1-3H3,(H2,24,26,30)/t18-/m1/s1. The zero-order chi connectivity index (χ0) is 21.3. The van der Waals surface area contributed by atoms with Crippen molar-refractivity contribution in [2.24, 2.45) is 0 Å². The zero-order valence-electron chi connectivity index (χ0n) is 17.7. The van der Waals surface area contributed by atoms with E-state index >= 15 is 0 Å². The molecule has 0 radical (unpaired) electrons. The number of thiocarbonyl (C=S) groups is 1. The van der Waals surface area contributed by atoms with E-state index < -0.39 is 0 Å². The molecule has 0 saturated heterocycles. The van der Waals surface area contributed by atoms with Crippen molar-refractivity contribution in [2.75, 3.05) is 40.5 Å². The maximum Gasteiger partial charge on any atom is 0.166 e. The first-order valence-corrected chi connectivity index (χ1v) is 10.5. The lowest BCUT2D eigenvalue weighted by Crippen LogP contribution is -2.39. The summed E-state index contributed by atoms with van der Waals surface area (Å²) in [5.41, 5.74) is 3.42. The molecule has 0 aliphatic heterocycles. The Morgan fingerprint density at radius 3 is 2.70 bits per heavy atom. The maximum atomic E-state index is 5.69. The van der Waals surface area contributed by atoms with Crippen molar-refractivity contribution in [3.8, 4) is 11.5 Å². The highest BCUT2D eigenvalue weighted by atomic mass is 32.1. The highest BCUT2D eigenvalue weighted by Gasteiger charge is 2.20. The first-order chi connectivity index (χ1) is 14.7. The van der Waals surface area contributed by atoms with E-state index in [0.717, 1.165) is 22.6 Å². The fourth-order valence-corrected chi connectivity index (χ4v) is 3.67. The van der Waals surface area contributed by atoms with Crippen LogP contribution < -0.4 is 20.1 Å². The molecule has 3 N–H and O–H groups in total. The number of aromatic amines is 1. The topological polar surface area (TPSA) is 67.5 Å². The first-order valence-electron chi connectivity index (χ1n) is 10.0. The molecule has 0 bridgehead atoms. The van der Waals surface area contributed by atoms with Gasteiger partial charge in [0.05, 0.1) is 20.3 Å². The van der Waals surface area contributed by atoms with Crippen LogP contribution in [-0.4, -0.2) is 50.6 Å². The molecule has 1 heterocycles. The van der Waals surface area contributed by atoms with Gasteiger partial charge >= 0.3 is 0 Å². The lowest BCUT2D eigenvalue weighted by molar-refractivity contribution is 0.204. The summed E-state index contributed by atoms with van der Waals surface area (Å²) in [6.45, 7) is 4.45. The predicted molar refractivity (Wildman–Crippen MR) is 125 cm³/mol. The van der Waals surface area contributed by atoms with Gasteiger partial charge in [-0.3, -0.25) is 0 Å². The zero-order valence-corrected chi connectivity index (χ0v) is 18.5. The molecule has 1 atom stereocenters. The third kappa shape index (κ3) is 5.23. The number of rotatable bonds is 10. The van der Waals surface area contributed by atoms with E-state index in [0.29, 0.717) is 31.4 Å². The van der Waals surface area contributed by atoms with Crippen molar-refractivity contribution in [3.63, 3.8) is 0 Å². The van der Waals surface area contributed by atoms with Crippen molar-refractivity contribution in [2.45, 2.75) is 12.8 Å². The Balaban J connectivity index is 1.91. The van der Waals surface area contributed by atoms with E-state index in [4.69, 9.17) is 26.4 Å². The number of ether oxygens (including phenoxy) is 3. The summed E-state index contributed by atoms with van der Waals surface area (Å²) >= 11 is 5.43. The van der Waals surface area contributed by atoms with Crippen LogP contribution in [0.4, 0.5) is 0 Å². The van der Waals surface area contributed by atoms with Gasteiger partial charge in [-0.15, -0.1) is 0 Å². The van der Waals surface area contributed by atoms with E-state index in [1.165, 1.54) is 10.9 Å². The summed E-state index contributed by atoms with van der Waals surface area (Å²) in [7, 11) is 3.33. The van der Waals surface area contributed by atoms with Gasteiger partial charge in [0.1, 0.15) is 0 Å². The van der Waals surface area contributed by atoms with Gasteiger partial charge in [0.15, 0.2) is 16.6 Å². The van der Waals surface area contributed by atoms with Crippen LogP contribution in [0, 0.1) is 0 Å². The van der Waals surface area contributed by atoms with Gasteiger partial charge < -0.3 is 29.8 Å². The van der Waals surface area contributed by atoms with Crippen LogP contribution in [0.25, 0.3) is 10.9 Å². The molecule has 160 valence electrons. The smallest absolute Gasteiger partial charge is 0.166 e. The van der Waals surface area contributed by atoms with Crippen molar-refractivity contribution < 1.29 is 14.2 Å². The van der Waals surface area contributed by atoms with Crippen LogP contribution in [0.2, 0.25) is 0 Å². The van der Waals surface area contributed by atoms with Gasteiger partial charge in [-0.2, -0.15) is 0 Å². The molecule has 6 nitrogen and oxygen atoms in total. The number of H-pyrrole nitrogens is 1. The molecule has 30 heavy (non-hydrogen) atoms. The van der Waals surface area contributed by atoms with Gasteiger partial charge in [0.25, 0.3) is 0 Å². The van der Waals surface area contributed by atoms with Crippen LogP contribution >= 0.6 is 12.2 Å². The van der Waals surface area contributed by atoms with E-state index in [1.54, 1.807) is 14.2 Å². The van der Waals surface area contributed by atoms with E-state index in [2.05, 4.69) is 46.1 Å². The number of hydrogen-bond acceptors (Lipinski definition) is 4. The molecule has 1 aromatic heterocycles. The number of fused-ring (bicyclic) bond motifs is 1. The number of para-hydroxylation sites is 1. The third-order valence-electron chi connectivity index (χ3n) is 4.95. The maximum absolute atomic E-state index is 5.69. The Kier molecular flexibility index (Phi) is 7.93. The van der Waals surface area contributed by atoms with E-state index in [9.17, 15) is 0 Å². The summed E-state index contributed by atoms with van der Waals surface area (Å²) in [6, 6.07) is 14.4. The Hall–Kier alpha value is -2.77. The summed E-state index contributed by atoms with van der Waals surface area (Å²) in [6.07, 6.45) is 2.07. The Bertz CT molecular complexity index is 973. The summed E-state index contributed by atoms with van der Waals surface area (Å²) in [5.74, 6) is 1.53. The van der Waals surface area contributed by atoms with E-state index in [1.807, 2.05) is 25.1 Å². The number of nitrogens with one attached hydrogen (secondary N) is 3. The van der Waals surface area contributed by atoms with Crippen molar-refractivity contribution in [1.29, 1.82) is 0 Å². The Morgan fingerprint density at radius 2 is 1.93 bits per heavy atom. The SMILES string of the molecule is CCOc1ccc([C@@H](CNC(=S)NCCOC)c2c[nH]c3ccccc23)cc1OC. The first kappa shape index (κ1) is 21.9. The molecule has 0 spiro atoms. The van der Waals surface area contributed by atoms with Gasteiger partial charge in [-0.05, 0) is 48.5 Å². The molecule has 7 heteroatoms. The minimum atomic E-state index is 0.0629. The molecule has 0 saturated carbocycles. The number of methoxy groups -OCH3 is 2. The molecule has 0 amide bonds. The molecule has 3 rings (SSSR count). The molecule has 0 aliphatic carbocycles. The number of aromatic nitrogens is 1. The van der Waals surface area contributed by atoms with Crippen LogP contribution in [0.1, 0.15) is 24.0 Å². The fraction of sp³-hybridized carbons (Fsp3) is 0.348. The summed E-state index contributed by atoms with van der Waals surface area (Å²) in [5, 5.41) is 8.31. The monoisotopic (exact) mass is 427 g/mol. The largest absolute Gasteiger partial charge is 0.493 e. The number of hydrogen-bond donors (Lipinski definition) is 3. The van der Waals surface area contributed by atoms with Gasteiger partial charge in [0.2, 0.25) is 0 Å². The van der Waals surface area contributed by atoms with Gasteiger partial charge in [-0.1, -0.05) is 24.3 Å². The lowest BCUT2D eigenvalue weighted by Gasteiger charge is -2.21. The van der Waals surface area contributed by atoms with Gasteiger partial charge in [-0.25, -0.2) is 0 Å². The van der Waals surface area contributed by atoms with Crippen LogP contribution in [0.3, 0.4) is 0 Å². The second-order valence-electron chi connectivity index (χ2n) is 6.82. The molecular weight excluding hydrogens is 398 g/mol. The highest BCUT2D eigenvalue weighted by Crippen LogP contribution is 2.35. The van der Waals surface area contributed by atoms with Crippen molar-refractivity contribution in [3.05, 3.63) is 59.8 Å². The molecule has 2 aromatic carbocycles. The summed E-state index contributed by atoms with van der Waals surface area (Å²) in [4.78, 5) is 3.38. The van der Waals surface area contributed by atoms with Gasteiger partial charge in [0, 0.05) is 43.2 Å². The quantitative estimate of drug-likeness (QED) is 0.338. The minimum absolute atomic E-state index is 0.0629. The van der Waals surface area contributed by atoms with Crippen molar-refractivity contribution >= 4 is 28.2 Å². The molecule has 3 aromatic rings. The second kappa shape index (κ2) is 10.8. The third-order valence-corrected chi connectivity index (χ3v) is 5.23. The highest BCUT2D eigenvalue weighted by molar-refractivity contribution is 7.80. The summed E-state index contributed by atoms with van der Waals surface area (Å²) < 4.78 is 16.3. The molecule has 0 aliphatic rings. The minimum Gasteiger partial charge on any atom is -0.493 e. The van der Waals surface area contributed by atoms with Crippen LogP contribution in [-0.2, 0) is 4.74 Å². The van der Waals surface area contributed by atoms with E-state index in [-0.39, 0.29) is 5.92 Å². The molecule has 0 unspecified atom stereocenters.